The van der Waals surface area contributed by atoms with E-state index >= 15 is 0 Å². The van der Waals surface area contributed by atoms with Crippen LogP contribution in [0.25, 0.3) is 5.65 Å². The second-order valence-corrected chi connectivity index (χ2v) is 8.18. The SMILES string of the molecule is CCOc1ccc(CCC2CCN(C(=O)c3cnn4c(C)cc(C)nc34)CC2)cc1. The Morgan fingerprint density at radius 1 is 1.17 bits per heavy atom. The van der Waals surface area contributed by atoms with Crippen LogP contribution in [-0.2, 0) is 6.42 Å². The highest BCUT2D eigenvalue weighted by Crippen LogP contribution is 2.25. The topological polar surface area (TPSA) is 59.7 Å². The average molecular weight is 407 g/mol. The minimum atomic E-state index is 0.0486. The lowest BCUT2D eigenvalue weighted by Gasteiger charge is -2.32. The molecule has 1 aliphatic rings. The first-order chi connectivity index (χ1) is 14.5. The molecule has 4 rings (SSSR count). The van der Waals surface area contributed by atoms with Gasteiger partial charge in [0.25, 0.3) is 5.91 Å². The Labute approximate surface area is 177 Å². The van der Waals surface area contributed by atoms with Crippen molar-refractivity contribution in [2.75, 3.05) is 19.7 Å². The molecule has 6 nitrogen and oxygen atoms in total. The number of aryl methyl sites for hydroxylation is 3. The van der Waals surface area contributed by atoms with Crippen molar-refractivity contribution in [3.05, 3.63) is 59.0 Å². The van der Waals surface area contributed by atoms with E-state index in [9.17, 15) is 4.79 Å². The third kappa shape index (κ3) is 4.32. The maximum atomic E-state index is 13.1. The summed E-state index contributed by atoms with van der Waals surface area (Å²) < 4.78 is 7.27. The quantitative estimate of drug-likeness (QED) is 0.615. The number of ether oxygens (including phenoxy) is 1. The van der Waals surface area contributed by atoms with E-state index in [1.54, 1.807) is 10.7 Å². The van der Waals surface area contributed by atoms with Crippen molar-refractivity contribution < 1.29 is 9.53 Å². The number of carbonyl (C=O) groups excluding carboxylic acids is 1. The van der Waals surface area contributed by atoms with Crippen LogP contribution in [0.2, 0.25) is 0 Å². The Balaban J connectivity index is 1.33. The molecule has 30 heavy (non-hydrogen) atoms. The molecule has 158 valence electrons. The minimum Gasteiger partial charge on any atom is -0.494 e. The van der Waals surface area contributed by atoms with E-state index in [1.807, 2.05) is 43.9 Å². The predicted octanol–water partition coefficient (Wildman–Crippen LogP) is 4.23. The van der Waals surface area contributed by atoms with Crippen molar-refractivity contribution in [1.29, 1.82) is 0 Å². The van der Waals surface area contributed by atoms with Crippen LogP contribution in [0.5, 0.6) is 5.75 Å². The number of rotatable bonds is 6. The van der Waals surface area contributed by atoms with Crippen LogP contribution in [-0.4, -0.2) is 45.1 Å². The van der Waals surface area contributed by atoms with Gasteiger partial charge < -0.3 is 9.64 Å². The van der Waals surface area contributed by atoms with Gasteiger partial charge in [0.1, 0.15) is 11.3 Å². The van der Waals surface area contributed by atoms with Crippen molar-refractivity contribution in [3.63, 3.8) is 0 Å². The van der Waals surface area contributed by atoms with Gasteiger partial charge in [-0.3, -0.25) is 4.79 Å². The van der Waals surface area contributed by atoms with E-state index in [4.69, 9.17) is 4.74 Å². The fourth-order valence-electron chi connectivity index (χ4n) is 4.31. The Bertz CT molecular complexity index is 1020. The largest absolute Gasteiger partial charge is 0.494 e. The first kappa shape index (κ1) is 20.4. The maximum absolute atomic E-state index is 13.1. The van der Waals surface area contributed by atoms with Gasteiger partial charge in [-0.05, 0) is 76.1 Å². The lowest BCUT2D eigenvalue weighted by atomic mass is 9.90. The van der Waals surface area contributed by atoms with E-state index in [2.05, 4.69) is 22.2 Å². The molecule has 1 aliphatic heterocycles. The third-order valence-electron chi connectivity index (χ3n) is 5.99. The number of amides is 1. The normalized spacial score (nSPS) is 15.0. The number of nitrogens with zero attached hydrogens (tertiary/aromatic N) is 4. The number of aromatic nitrogens is 3. The van der Waals surface area contributed by atoms with Crippen molar-refractivity contribution in [2.24, 2.45) is 5.92 Å². The second kappa shape index (κ2) is 8.86. The second-order valence-electron chi connectivity index (χ2n) is 8.18. The number of carbonyl (C=O) groups is 1. The zero-order valence-electron chi connectivity index (χ0n) is 18.1. The highest BCUT2D eigenvalue weighted by Gasteiger charge is 2.26. The first-order valence-electron chi connectivity index (χ1n) is 10.9. The molecule has 0 radical (unpaired) electrons. The fraction of sp³-hybridized carbons (Fsp3) is 0.458. The molecule has 0 aliphatic carbocycles. The predicted molar refractivity (Wildman–Crippen MR) is 117 cm³/mol. The molecule has 3 aromatic rings. The van der Waals surface area contributed by atoms with Gasteiger partial charge in [0.05, 0.1) is 12.8 Å². The summed E-state index contributed by atoms with van der Waals surface area (Å²) in [6.07, 6.45) is 5.99. The van der Waals surface area contributed by atoms with Crippen molar-refractivity contribution in [1.82, 2.24) is 19.5 Å². The van der Waals surface area contributed by atoms with E-state index < -0.39 is 0 Å². The summed E-state index contributed by atoms with van der Waals surface area (Å²) in [7, 11) is 0. The number of hydrogen-bond donors (Lipinski definition) is 0. The Morgan fingerprint density at radius 2 is 1.90 bits per heavy atom. The molecule has 1 amide bonds. The zero-order valence-corrected chi connectivity index (χ0v) is 18.1. The summed E-state index contributed by atoms with van der Waals surface area (Å²) in [6, 6.07) is 10.4. The number of hydrogen-bond acceptors (Lipinski definition) is 4. The Morgan fingerprint density at radius 3 is 2.60 bits per heavy atom. The summed E-state index contributed by atoms with van der Waals surface area (Å²) in [5.41, 5.74) is 4.51. The molecular formula is C24H30N4O2. The number of piperidine rings is 1. The minimum absolute atomic E-state index is 0.0486. The van der Waals surface area contributed by atoms with Gasteiger partial charge in [0.15, 0.2) is 5.65 Å². The molecule has 0 atom stereocenters. The van der Waals surface area contributed by atoms with Gasteiger partial charge in [0.2, 0.25) is 0 Å². The number of benzene rings is 1. The van der Waals surface area contributed by atoms with Crippen LogP contribution in [0.3, 0.4) is 0 Å². The van der Waals surface area contributed by atoms with Crippen molar-refractivity contribution in [3.8, 4) is 5.75 Å². The van der Waals surface area contributed by atoms with E-state index in [0.29, 0.717) is 23.7 Å². The molecule has 6 heteroatoms. The summed E-state index contributed by atoms with van der Waals surface area (Å²) in [5, 5.41) is 4.37. The van der Waals surface area contributed by atoms with Gasteiger partial charge in [-0.2, -0.15) is 5.10 Å². The highest BCUT2D eigenvalue weighted by molar-refractivity contribution is 5.99. The van der Waals surface area contributed by atoms with Gasteiger partial charge in [-0.15, -0.1) is 0 Å². The van der Waals surface area contributed by atoms with Crippen LogP contribution < -0.4 is 4.74 Å². The lowest BCUT2D eigenvalue weighted by Crippen LogP contribution is -2.38. The molecule has 3 heterocycles. The van der Waals surface area contributed by atoms with Crippen LogP contribution in [0.4, 0.5) is 0 Å². The summed E-state index contributed by atoms with van der Waals surface area (Å²) in [6.45, 7) is 8.23. The van der Waals surface area contributed by atoms with Crippen molar-refractivity contribution >= 4 is 11.6 Å². The fourth-order valence-corrected chi connectivity index (χ4v) is 4.31. The molecule has 0 N–H and O–H groups in total. The molecule has 0 spiro atoms. The number of fused-ring (bicyclic) bond motifs is 1. The smallest absolute Gasteiger partial charge is 0.259 e. The van der Waals surface area contributed by atoms with Crippen molar-refractivity contribution in [2.45, 2.75) is 46.5 Å². The molecule has 1 aromatic carbocycles. The highest BCUT2D eigenvalue weighted by atomic mass is 16.5. The Hall–Kier alpha value is -2.89. The molecular weight excluding hydrogens is 376 g/mol. The average Bonchev–Trinajstić information content (AvgIpc) is 3.17. The summed E-state index contributed by atoms with van der Waals surface area (Å²) >= 11 is 0. The molecule has 0 bridgehead atoms. The first-order valence-corrected chi connectivity index (χ1v) is 10.9. The standard InChI is InChI=1S/C24H30N4O2/c1-4-30-21-9-7-19(8-10-21)5-6-20-11-13-27(14-12-20)24(29)22-16-25-28-18(3)15-17(2)26-23(22)28/h7-10,15-16,20H,4-6,11-14H2,1-3H3. The summed E-state index contributed by atoms with van der Waals surface area (Å²) in [5.74, 6) is 1.64. The maximum Gasteiger partial charge on any atom is 0.259 e. The van der Waals surface area contributed by atoms with E-state index in [-0.39, 0.29) is 5.91 Å². The third-order valence-corrected chi connectivity index (χ3v) is 5.99. The van der Waals surface area contributed by atoms with Crippen LogP contribution >= 0.6 is 0 Å². The molecule has 2 aromatic heterocycles. The van der Waals surface area contributed by atoms with Gasteiger partial charge >= 0.3 is 0 Å². The van der Waals surface area contributed by atoms with Crippen LogP contribution in [0.15, 0.2) is 36.5 Å². The van der Waals surface area contributed by atoms with Gasteiger partial charge in [-0.25, -0.2) is 9.50 Å². The van der Waals surface area contributed by atoms with E-state index in [1.165, 1.54) is 5.56 Å². The van der Waals surface area contributed by atoms with Crippen LogP contribution in [0.1, 0.15) is 53.5 Å². The molecule has 1 fully saturated rings. The zero-order chi connectivity index (χ0) is 21.1. The Kier molecular flexibility index (Phi) is 6.02. The number of likely N-dealkylation sites (tertiary alicyclic amines) is 1. The van der Waals surface area contributed by atoms with Crippen LogP contribution in [0, 0.1) is 19.8 Å². The summed E-state index contributed by atoms with van der Waals surface area (Å²) in [4.78, 5) is 19.6. The molecule has 0 saturated carbocycles. The lowest BCUT2D eigenvalue weighted by molar-refractivity contribution is 0.0688. The molecule has 1 saturated heterocycles. The molecule has 0 unspecified atom stereocenters. The van der Waals surface area contributed by atoms with Gasteiger partial charge in [-0.1, -0.05) is 12.1 Å². The monoisotopic (exact) mass is 406 g/mol. The van der Waals surface area contributed by atoms with E-state index in [0.717, 1.165) is 55.9 Å². The van der Waals surface area contributed by atoms with Gasteiger partial charge in [0, 0.05) is 24.5 Å².